The van der Waals surface area contributed by atoms with Gasteiger partial charge in [0.25, 0.3) is 5.91 Å². The van der Waals surface area contributed by atoms with Crippen molar-refractivity contribution in [3.05, 3.63) is 34.3 Å². The Balaban J connectivity index is 2.27. The van der Waals surface area contributed by atoms with Crippen LogP contribution in [0.3, 0.4) is 0 Å². The third kappa shape index (κ3) is 3.05. The number of aryl methyl sites for hydroxylation is 1. The molecule has 20 heavy (non-hydrogen) atoms. The molecule has 2 aromatic rings. The molecule has 0 spiro atoms. The molecule has 106 valence electrons. The Kier molecular flexibility index (Phi) is 3.62. The molecule has 0 unspecified atom stereocenters. The fraction of sp³-hybridized carbons (Fsp3) is 0.182. The number of aromatic nitrogens is 2. The van der Waals surface area contributed by atoms with Gasteiger partial charge in [-0.25, -0.2) is 0 Å². The van der Waals surface area contributed by atoms with Gasteiger partial charge in [0.1, 0.15) is 5.01 Å². The number of alkyl halides is 3. The second-order valence-electron chi connectivity index (χ2n) is 3.88. The Morgan fingerprint density at radius 1 is 1.35 bits per heavy atom. The van der Waals surface area contributed by atoms with Crippen LogP contribution in [0.25, 0.3) is 0 Å². The zero-order valence-electron chi connectivity index (χ0n) is 10.2. The van der Waals surface area contributed by atoms with E-state index in [2.05, 4.69) is 15.5 Å². The molecule has 1 aromatic carbocycles. The number of carbonyl (C=O) groups excluding carboxylic acids is 1. The van der Waals surface area contributed by atoms with E-state index in [0.29, 0.717) is 11.1 Å². The molecule has 1 aromatic heterocycles. The third-order valence-corrected chi connectivity index (χ3v) is 3.12. The van der Waals surface area contributed by atoms with Crippen LogP contribution in [0.4, 0.5) is 24.0 Å². The number of benzene rings is 1. The summed E-state index contributed by atoms with van der Waals surface area (Å²) in [5.74, 6) is -0.702. The van der Waals surface area contributed by atoms with Gasteiger partial charge in [-0.05, 0) is 25.1 Å². The molecule has 1 amide bonds. The molecule has 0 aliphatic carbocycles. The van der Waals surface area contributed by atoms with Gasteiger partial charge in [0.05, 0.1) is 5.56 Å². The normalized spacial score (nSPS) is 11.4. The summed E-state index contributed by atoms with van der Waals surface area (Å²) < 4.78 is 38.1. The lowest BCUT2D eigenvalue weighted by Crippen LogP contribution is -2.15. The van der Waals surface area contributed by atoms with Gasteiger partial charge < -0.3 is 5.73 Å². The Bertz CT molecular complexity index is 653. The summed E-state index contributed by atoms with van der Waals surface area (Å²) in [5.41, 5.74) is 3.63. The van der Waals surface area contributed by atoms with Crippen molar-refractivity contribution in [3.63, 3.8) is 0 Å². The van der Waals surface area contributed by atoms with E-state index >= 15 is 0 Å². The zero-order valence-corrected chi connectivity index (χ0v) is 11.0. The summed E-state index contributed by atoms with van der Waals surface area (Å²) in [6.07, 6.45) is -4.61. The number of nitrogens with zero attached hydrogens (tertiary/aromatic N) is 2. The maximum absolute atomic E-state index is 12.7. The highest BCUT2D eigenvalue weighted by Crippen LogP contribution is 2.34. The van der Waals surface area contributed by atoms with Gasteiger partial charge in [-0.2, -0.15) is 13.2 Å². The maximum atomic E-state index is 12.7. The van der Waals surface area contributed by atoms with Crippen LogP contribution in [-0.2, 0) is 6.18 Å². The zero-order chi connectivity index (χ0) is 14.9. The highest BCUT2D eigenvalue weighted by molar-refractivity contribution is 7.15. The molecule has 5 nitrogen and oxygen atoms in total. The summed E-state index contributed by atoms with van der Waals surface area (Å²) in [4.78, 5) is 11.8. The van der Waals surface area contributed by atoms with E-state index in [1.54, 1.807) is 6.92 Å². The van der Waals surface area contributed by atoms with Crippen LogP contribution < -0.4 is 11.1 Å². The second-order valence-corrected chi connectivity index (χ2v) is 5.06. The Labute approximate surface area is 115 Å². The fourth-order valence-electron chi connectivity index (χ4n) is 1.46. The average Bonchev–Trinajstić information content (AvgIpc) is 2.73. The van der Waals surface area contributed by atoms with E-state index in [9.17, 15) is 18.0 Å². The molecule has 0 aliphatic heterocycles. The van der Waals surface area contributed by atoms with Crippen molar-refractivity contribution in [2.24, 2.45) is 0 Å². The molecular weight excluding hydrogens is 293 g/mol. The lowest BCUT2D eigenvalue weighted by Gasteiger charge is -2.11. The Morgan fingerprint density at radius 3 is 2.60 bits per heavy atom. The molecule has 0 radical (unpaired) electrons. The first-order valence-corrected chi connectivity index (χ1v) is 6.17. The lowest BCUT2D eigenvalue weighted by molar-refractivity contribution is -0.136. The molecule has 0 fully saturated rings. The first kappa shape index (κ1) is 14.3. The Morgan fingerprint density at radius 2 is 2.05 bits per heavy atom. The van der Waals surface area contributed by atoms with Crippen LogP contribution in [0.5, 0.6) is 0 Å². The predicted molar refractivity (Wildman–Crippen MR) is 68.5 cm³/mol. The van der Waals surface area contributed by atoms with Gasteiger partial charge in [-0.1, -0.05) is 11.3 Å². The smallest absolute Gasteiger partial charge is 0.398 e. The van der Waals surface area contributed by atoms with E-state index in [-0.39, 0.29) is 10.7 Å². The minimum Gasteiger partial charge on any atom is -0.398 e. The molecule has 0 bridgehead atoms. The van der Waals surface area contributed by atoms with Crippen LogP contribution in [0.2, 0.25) is 0 Å². The predicted octanol–water partition coefficient (Wildman–Crippen LogP) is 2.70. The number of nitrogens with one attached hydrogen (secondary N) is 1. The number of carbonyl (C=O) groups is 1. The molecule has 9 heteroatoms. The van der Waals surface area contributed by atoms with Crippen LogP contribution in [0, 0.1) is 6.92 Å². The number of anilines is 2. The minimum absolute atomic E-state index is 0.153. The number of nitrogens with two attached hydrogens (primary N) is 1. The van der Waals surface area contributed by atoms with Crippen molar-refractivity contribution in [2.75, 3.05) is 11.1 Å². The van der Waals surface area contributed by atoms with E-state index < -0.39 is 23.3 Å². The quantitative estimate of drug-likeness (QED) is 0.836. The highest BCUT2D eigenvalue weighted by Gasteiger charge is 2.33. The van der Waals surface area contributed by atoms with Gasteiger partial charge in [0, 0.05) is 11.3 Å². The number of hydrogen-bond donors (Lipinski definition) is 2. The SMILES string of the molecule is Cc1nnc(NC(=O)c2ccc(N)c(C(F)(F)F)c2)s1. The fourth-order valence-corrected chi connectivity index (χ4v) is 2.05. The van der Waals surface area contributed by atoms with Crippen LogP contribution >= 0.6 is 11.3 Å². The topological polar surface area (TPSA) is 80.9 Å². The lowest BCUT2D eigenvalue weighted by atomic mass is 10.1. The largest absolute Gasteiger partial charge is 0.418 e. The van der Waals surface area contributed by atoms with Gasteiger partial charge in [0.2, 0.25) is 5.13 Å². The second kappa shape index (κ2) is 5.08. The van der Waals surface area contributed by atoms with E-state index in [0.717, 1.165) is 17.4 Å². The molecule has 0 saturated heterocycles. The number of hydrogen-bond acceptors (Lipinski definition) is 5. The first-order valence-electron chi connectivity index (χ1n) is 5.35. The van der Waals surface area contributed by atoms with Gasteiger partial charge in [0.15, 0.2) is 0 Å². The van der Waals surface area contributed by atoms with Crippen LogP contribution in [-0.4, -0.2) is 16.1 Å². The summed E-state index contributed by atoms with van der Waals surface area (Å²) in [5, 5.41) is 10.6. The third-order valence-electron chi connectivity index (χ3n) is 2.37. The van der Waals surface area contributed by atoms with E-state index in [4.69, 9.17) is 5.73 Å². The number of nitrogen functional groups attached to an aromatic ring is 1. The summed E-state index contributed by atoms with van der Waals surface area (Å²) in [6.45, 7) is 1.69. The van der Waals surface area contributed by atoms with Crippen LogP contribution in [0.15, 0.2) is 18.2 Å². The Hall–Kier alpha value is -2.16. The van der Waals surface area contributed by atoms with Crippen molar-refractivity contribution in [1.29, 1.82) is 0 Å². The average molecular weight is 302 g/mol. The molecule has 0 atom stereocenters. The number of rotatable bonds is 2. The van der Waals surface area contributed by atoms with E-state index in [1.807, 2.05) is 0 Å². The molecular formula is C11H9F3N4OS. The summed E-state index contributed by atoms with van der Waals surface area (Å²) in [6, 6.07) is 2.97. The minimum atomic E-state index is -4.61. The van der Waals surface area contributed by atoms with Crippen molar-refractivity contribution < 1.29 is 18.0 Å². The molecule has 3 N–H and O–H groups in total. The monoisotopic (exact) mass is 302 g/mol. The highest BCUT2D eigenvalue weighted by atomic mass is 32.1. The maximum Gasteiger partial charge on any atom is 0.418 e. The first-order chi connectivity index (χ1) is 9.27. The number of amides is 1. The molecule has 0 aliphatic rings. The van der Waals surface area contributed by atoms with Crippen molar-refractivity contribution in [1.82, 2.24) is 10.2 Å². The molecule has 1 heterocycles. The summed E-state index contributed by atoms with van der Waals surface area (Å²) >= 11 is 1.12. The summed E-state index contributed by atoms with van der Waals surface area (Å²) in [7, 11) is 0. The van der Waals surface area contributed by atoms with Gasteiger partial charge in [-0.15, -0.1) is 10.2 Å². The molecule has 2 rings (SSSR count). The van der Waals surface area contributed by atoms with E-state index in [1.165, 1.54) is 6.07 Å². The van der Waals surface area contributed by atoms with Crippen molar-refractivity contribution in [2.45, 2.75) is 13.1 Å². The van der Waals surface area contributed by atoms with Crippen LogP contribution in [0.1, 0.15) is 20.9 Å². The van der Waals surface area contributed by atoms with Crippen molar-refractivity contribution in [3.8, 4) is 0 Å². The standard InChI is InChI=1S/C11H9F3N4OS/c1-5-17-18-10(20-5)16-9(19)6-2-3-8(15)7(4-6)11(12,13)14/h2-4H,15H2,1H3,(H,16,18,19). The molecule has 0 saturated carbocycles. The number of halogens is 3. The van der Waals surface area contributed by atoms with Gasteiger partial charge >= 0.3 is 6.18 Å². The van der Waals surface area contributed by atoms with Crippen molar-refractivity contribution >= 4 is 28.1 Å². The van der Waals surface area contributed by atoms with Gasteiger partial charge in [-0.3, -0.25) is 10.1 Å².